The summed E-state index contributed by atoms with van der Waals surface area (Å²) in [4.78, 5) is 0. The first-order valence-corrected chi connectivity index (χ1v) is 4.00. The SMILES string of the molecule is C#CC(O)c1ccccc1COC. The lowest BCUT2D eigenvalue weighted by atomic mass is 10.0. The van der Waals surface area contributed by atoms with Gasteiger partial charge in [-0.1, -0.05) is 30.2 Å². The van der Waals surface area contributed by atoms with Crippen LogP contribution in [0.2, 0.25) is 0 Å². The quantitative estimate of drug-likeness (QED) is 0.707. The Morgan fingerprint density at radius 2 is 2.23 bits per heavy atom. The molecule has 0 saturated heterocycles. The Bertz CT molecular complexity index is 312. The molecule has 0 spiro atoms. The number of hydrogen-bond donors (Lipinski definition) is 1. The smallest absolute Gasteiger partial charge is 0.140 e. The lowest BCUT2D eigenvalue weighted by Crippen LogP contribution is -2.00. The number of ether oxygens (including phenoxy) is 1. The van der Waals surface area contributed by atoms with Crippen LogP contribution in [0.1, 0.15) is 17.2 Å². The van der Waals surface area contributed by atoms with Crippen LogP contribution in [-0.2, 0) is 11.3 Å². The van der Waals surface area contributed by atoms with E-state index in [1.807, 2.05) is 18.2 Å². The summed E-state index contributed by atoms with van der Waals surface area (Å²) in [6.07, 6.45) is 4.29. The van der Waals surface area contributed by atoms with Crippen molar-refractivity contribution in [1.29, 1.82) is 0 Å². The van der Waals surface area contributed by atoms with E-state index in [-0.39, 0.29) is 0 Å². The number of benzene rings is 1. The number of rotatable bonds is 3. The molecular formula is C11H12O2. The van der Waals surface area contributed by atoms with Crippen molar-refractivity contribution in [2.45, 2.75) is 12.7 Å². The highest BCUT2D eigenvalue weighted by Crippen LogP contribution is 2.17. The van der Waals surface area contributed by atoms with E-state index in [1.165, 1.54) is 0 Å². The van der Waals surface area contributed by atoms with Crippen LogP contribution in [0, 0.1) is 12.3 Å². The lowest BCUT2D eigenvalue weighted by Gasteiger charge is -2.09. The molecule has 0 heterocycles. The van der Waals surface area contributed by atoms with Gasteiger partial charge in [-0.05, 0) is 11.1 Å². The summed E-state index contributed by atoms with van der Waals surface area (Å²) in [5, 5.41) is 9.45. The van der Waals surface area contributed by atoms with Gasteiger partial charge < -0.3 is 9.84 Å². The van der Waals surface area contributed by atoms with E-state index < -0.39 is 6.10 Å². The van der Waals surface area contributed by atoms with Crippen molar-refractivity contribution in [2.75, 3.05) is 7.11 Å². The Morgan fingerprint density at radius 1 is 1.54 bits per heavy atom. The molecule has 0 aliphatic rings. The van der Waals surface area contributed by atoms with Crippen LogP contribution in [0.3, 0.4) is 0 Å². The van der Waals surface area contributed by atoms with Gasteiger partial charge in [-0.15, -0.1) is 6.42 Å². The van der Waals surface area contributed by atoms with Crippen molar-refractivity contribution in [1.82, 2.24) is 0 Å². The van der Waals surface area contributed by atoms with E-state index in [4.69, 9.17) is 11.2 Å². The molecule has 0 radical (unpaired) electrons. The minimum atomic E-state index is -0.841. The van der Waals surface area contributed by atoms with Gasteiger partial charge in [-0.2, -0.15) is 0 Å². The third-order valence-corrected chi connectivity index (χ3v) is 1.81. The average molecular weight is 176 g/mol. The van der Waals surface area contributed by atoms with Gasteiger partial charge in [0.2, 0.25) is 0 Å². The fourth-order valence-corrected chi connectivity index (χ4v) is 1.18. The monoisotopic (exact) mass is 176 g/mol. The molecule has 1 aromatic carbocycles. The van der Waals surface area contributed by atoms with Crippen LogP contribution in [0.15, 0.2) is 24.3 Å². The maximum atomic E-state index is 9.45. The first kappa shape index (κ1) is 9.79. The fourth-order valence-electron chi connectivity index (χ4n) is 1.18. The molecule has 1 atom stereocenters. The van der Waals surface area contributed by atoms with Gasteiger partial charge in [0, 0.05) is 7.11 Å². The standard InChI is InChI=1S/C11H12O2/c1-3-11(12)10-7-5-4-6-9(10)8-13-2/h1,4-7,11-12H,8H2,2H3. The molecule has 1 N–H and O–H groups in total. The zero-order valence-corrected chi connectivity index (χ0v) is 7.53. The molecule has 0 fully saturated rings. The van der Waals surface area contributed by atoms with Crippen LogP contribution < -0.4 is 0 Å². The predicted octanol–water partition coefficient (Wildman–Crippen LogP) is 1.50. The average Bonchev–Trinajstić information content (AvgIpc) is 2.18. The summed E-state index contributed by atoms with van der Waals surface area (Å²) >= 11 is 0. The van der Waals surface area contributed by atoms with Gasteiger partial charge in [0.25, 0.3) is 0 Å². The Labute approximate surface area is 78.2 Å². The molecule has 1 unspecified atom stereocenters. The highest BCUT2D eigenvalue weighted by molar-refractivity contribution is 5.32. The van der Waals surface area contributed by atoms with Crippen molar-refractivity contribution in [3.63, 3.8) is 0 Å². The minimum Gasteiger partial charge on any atom is -0.380 e. The molecule has 68 valence electrons. The van der Waals surface area contributed by atoms with Gasteiger partial charge in [-0.25, -0.2) is 0 Å². The van der Waals surface area contributed by atoms with E-state index in [1.54, 1.807) is 13.2 Å². The Kier molecular flexibility index (Phi) is 3.51. The second-order valence-electron chi connectivity index (χ2n) is 2.70. The van der Waals surface area contributed by atoms with Crippen molar-refractivity contribution in [2.24, 2.45) is 0 Å². The summed E-state index contributed by atoms with van der Waals surface area (Å²) in [6, 6.07) is 7.43. The molecule has 1 rings (SSSR count). The predicted molar refractivity (Wildman–Crippen MR) is 50.9 cm³/mol. The number of aliphatic hydroxyl groups excluding tert-OH is 1. The highest BCUT2D eigenvalue weighted by atomic mass is 16.5. The summed E-state index contributed by atoms with van der Waals surface area (Å²) in [5.41, 5.74) is 1.67. The highest BCUT2D eigenvalue weighted by Gasteiger charge is 2.07. The number of terminal acetylenes is 1. The summed E-state index contributed by atoms with van der Waals surface area (Å²) in [7, 11) is 1.61. The molecule has 1 aromatic rings. The summed E-state index contributed by atoms with van der Waals surface area (Å²) < 4.78 is 4.98. The van der Waals surface area contributed by atoms with Crippen LogP contribution in [0.25, 0.3) is 0 Å². The summed E-state index contributed by atoms with van der Waals surface area (Å²) in [6.45, 7) is 0.467. The normalized spacial score (nSPS) is 12.1. The Morgan fingerprint density at radius 3 is 2.85 bits per heavy atom. The van der Waals surface area contributed by atoms with Crippen molar-refractivity contribution < 1.29 is 9.84 Å². The lowest BCUT2D eigenvalue weighted by molar-refractivity contribution is 0.178. The largest absolute Gasteiger partial charge is 0.380 e. The topological polar surface area (TPSA) is 29.5 Å². The number of aliphatic hydroxyl groups is 1. The molecular weight excluding hydrogens is 164 g/mol. The number of methoxy groups -OCH3 is 1. The van der Waals surface area contributed by atoms with Gasteiger partial charge in [0.1, 0.15) is 6.10 Å². The molecule has 13 heavy (non-hydrogen) atoms. The van der Waals surface area contributed by atoms with E-state index in [9.17, 15) is 5.11 Å². The van der Waals surface area contributed by atoms with E-state index in [0.717, 1.165) is 11.1 Å². The third kappa shape index (κ3) is 2.32. The van der Waals surface area contributed by atoms with Gasteiger partial charge in [0.05, 0.1) is 6.61 Å². The van der Waals surface area contributed by atoms with Crippen molar-refractivity contribution in [3.05, 3.63) is 35.4 Å². The minimum absolute atomic E-state index is 0.467. The van der Waals surface area contributed by atoms with Gasteiger partial charge in [0.15, 0.2) is 0 Å². The molecule has 0 bridgehead atoms. The van der Waals surface area contributed by atoms with Gasteiger partial charge in [-0.3, -0.25) is 0 Å². The molecule has 2 nitrogen and oxygen atoms in total. The Balaban J connectivity index is 2.98. The maximum absolute atomic E-state index is 9.45. The van der Waals surface area contributed by atoms with E-state index in [0.29, 0.717) is 6.61 Å². The zero-order chi connectivity index (χ0) is 9.68. The molecule has 0 saturated carbocycles. The van der Waals surface area contributed by atoms with Crippen molar-refractivity contribution in [3.8, 4) is 12.3 Å². The molecule has 2 heteroatoms. The first-order valence-electron chi connectivity index (χ1n) is 4.00. The van der Waals surface area contributed by atoms with Crippen LogP contribution in [0.4, 0.5) is 0 Å². The fraction of sp³-hybridized carbons (Fsp3) is 0.273. The molecule has 0 amide bonds. The maximum Gasteiger partial charge on any atom is 0.140 e. The molecule has 0 aromatic heterocycles. The Hall–Kier alpha value is -1.30. The van der Waals surface area contributed by atoms with Crippen LogP contribution in [-0.4, -0.2) is 12.2 Å². The van der Waals surface area contributed by atoms with Crippen molar-refractivity contribution >= 4 is 0 Å². The number of hydrogen-bond acceptors (Lipinski definition) is 2. The van der Waals surface area contributed by atoms with Gasteiger partial charge >= 0.3 is 0 Å². The second kappa shape index (κ2) is 4.66. The van der Waals surface area contributed by atoms with Crippen LogP contribution in [0.5, 0.6) is 0 Å². The third-order valence-electron chi connectivity index (χ3n) is 1.81. The second-order valence-corrected chi connectivity index (χ2v) is 2.70. The molecule has 0 aliphatic heterocycles. The molecule has 0 aliphatic carbocycles. The first-order chi connectivity index (χ1) is 6.29. The summed E-state index contributed by atoms with van der Waals surface area (Å²) in [5.74, 6) is 2.28. The van der Waals surface area contributed by atoms with E-state index >= 15 is 0 Å². The van der Waals surface area contributed by atoms with E-state index in [2.05, 4.69) is 5.92 Å². The van der Waals surface area contributed by atoms with Crippen LogP contribution >= 0.6 is 0 Å². The zero-order valence-electron chi connectivity index (χ0n) is 7.53.